The van der Waals surface area contributed by atoms with Gasteiger partial charge in [0.15, 0.2) is 0 Å². The van der Waals surface area contributed by atoms with Crippen LogP contribution in [0.3, 0.4) is 0 Å². The first-order chi connectivity index (χ1) is 11.9. The van der Waals surface area contributed by atoms with E-state index in [1.165, 1.54) is 4.31 Å². The molecule has 9 heteroatoms. The Kier molecular flexibility index (Phi) is 5.16. The van der Waals surface area contributed by atoms with Gasteiger partial charge < -0.3 is 0 Å². The summed E-state index contributed by atoms with van der Waals surface area (Å²) in [4.78, 5) is 12.2. The maximum atomic E-state index is 12.7. The van der Waals surface area contributed by atoms with Gasteiger partial charge in [0.2, 0.25) is 9.47 Å². The van der Waals surface area contributed by atoms with E-state index in [4.69, 9.17) is 0 Å². The molecule has 0 radical (unpaired) electrons. The van der Waals surface area contributed by atoms with Crippen molar-refractivity contribution in [2.75, 3.05) is 18.4 Å². The molecule has 3 rings (SSSR count). The smallest absolute Gasteiger partial charge is 0.272 e. The van der Waals surface area contributed by atoms with E-state index in [1.807, 2.05) is 26.0 Å². The molecule has 0 bridgehead atoms. The summed E-state index contributed by atoms with van der Waals surface area (Å²) in [5, 5.41) is 10.4. The van der Waals surface area contributed by atoms with Crippen LogP contribution in [0.5, 0.6) is 0 Å². The summed E-state index contributed by atoms with van der Waals surface area (Å²) >= 11 is 0.877. The molecule has 1 fully saturated rings. The Balaban J connectivity index is 1.73. The van der Waals surface area contributed by atoms with Gasteiger partial charge in [0.05, 0.1) is 0 Å². The molecule has 1 saturated heterocycles. The van der Waals surface area contributed by atoms with E-state index in [9.17, 15) is 13.2 Å². The Bertz CT molecular complexity index is 862. The molecule has 1 aliphatic heterocycles. The zero-order chi connectivity index (χ0) is 18.0. The van der Waals surface area contributed by atoms with Crippen molar-refractivity contribution in [3.63, 3.8) is 0 Å². The number of benzene rings is 1. The third kappa shape index (κ3) is 4.05. The molecule has 0 unspecified atom stereocenters. The van der Waals surface area contributed by atoms with Crippen molar-refractivity contribution in [2.45, 2.75) is 31.0 Å². The van der Waals surface area contributed by atoms with Crippen molar-refractivity contribution < 1.29 is 13.2 Å². The summed E-state index contributed by atoms with van der Waals surface area (Å²) in [6, 6.07) is 7.09. The molecule has 1 aromatic heterocycles. The first-order valence-electron chi connectivity index (χ1n) is 8.08. The number of nitrogens with one attached hydrogen (secondary N) is 1. The third-order valence-electron chi connectivity index (χ3n) is 4.12. The predicted octanol–water partition coefficient (Wildman–Crippen LogP) is 2.52. The summed E-state index contributed by atoms with van der Waals surface area (Å²) in [5.74, 6) is -0.0103. The highest BCUT2D eigenvalue weighted by Crippen LogP contribution is 2.27. The minimum absolute atomic E-state index is 0.0826. The Morgan fingerprint density at radius 3 is 2.68 bits per heavy atom. The van der Waals surface area contributed by atoms with Gasteiger partial charge in [-0.25, -0.2) is 8.42 Å². The van der Waals surface area contributed by atoms with E-state index in [1.54, 1.807) is 12.1 Å². The average molecular weight is 380 g/mol. The van der Waals surface area contributed by atoms with Crippen LogP contribution in [0.4, 0.5) is 5.13 Å². The van der Waals surface area contributed by atoms with Crippen molar-refractivity contribution in [2.24, 2.45) is 5.92 Å². The van der Waals surface area contributed by atoms with Crippen LogP contribution in [0.15, 0.2) is 28.6 Å². The summed E-state index contributed by atoms with van der Waals surface area (Å²) in [7, 11) is -3.65. The molecule has 134 valence electrons. The number of amides is 1. The van der Waals surface area contributed by atoms with Crippen LogP contribution >= 0.6 is 11.3 Å². The average Bonchev–Trinajstić information content (AvgIpc) is 3.04. The van der Waals surface area contributed by atoms with Crippen molar-refractivity contribution >= 4 is 32.4 Å². The lowest BCUT2D eigenvalue weighted by Gasteiger charge is -2.28. The fourth-order valence-electron chi connectivity index (χ4n) is 2.71. The van der Waals surface area contributed by atoms with Gasteiger partial charge >= 0.3 is 0 Å². The van der Waals surface area contributed by atoms with E-state index >= 15 is 0 Å². The Morgan fingerprint density at radius 2 is 2.00 bits per heavy atom. The molecule has 0 aliphatic carbocycles. The highest BCUT2D eigenvalue weighted by Gasteiger charge is 2.31. The van der Waals surface area contributed by atoms with Gasteiger partial charge in [-0.3, -0.25) is 10.1 Å². The first kappa shape index (κ1) is 18.0. The number of aryl methyl sites for hydroxylation is 1. The number of sulfonamides is 1. The minimum atomic E-state index is -3.65. The molecular formula is C16H20N4O3S2. The number of anilines is 1. The van der Waals surface area contributed by atoms with Crippen LogP contribution in [-0.4, -0.2) is 41.9 Å². The third-order valence-corrected chi connectivity index (χ3v) is 7.17. The Labute approximate surface area is 151 Å². The standard InChI is InChI=1S/C16H20N4O3S2/c1-11-5-7-13(8-6-11)14(21)17-15-18-19-16(24-15)25(22,23)20-9-3-4-12(2)10-20/h5-8,12H,3-4,9-10H2,1-2H3,(H,17,18,21)/t12-/m0/s1. The second kappa shape index (κ2) is 7.19. The lowest BCUT2D eigenvalue weighted by molar-refractivity contribution is 0.102. The van der Waals surface area contributed by atoms with Crippen LogP contribution in [0.1, 0.15) is 35.7 Å². The predicted molar refractivity (Wildman–Crippen MR) is 96.2 cm³/mol. The summed E-state index contributed by atoms with van der Waals surface area (Å²) < 4.78 is 26.7. The molecular weight excluding hydrogens is 360 g/mol. The normalized spacial score (nSPS) is 18.9. The lowest BCUT2D eigenvalue weighted by Crippen LogP contribution is -2.39. The molecule has 1 aromatic carbocycles. The molecule has 25 heavy (non-hydrogen) atoms. The molecule has 2 aromatic rings. The second-order valence-corrected chi connectivity index (χ2v) is 9.39. The fourth-order valence-corrected chi connectivity index (χ4v) is 5.35. The molecule has 1 amide bonds. The maximum absolute atomic E-state index is 12.7. The van der Waals surface area contributed by atoms with Crippen LogP contribution < -0.4 is 5.32 Å². The van der Waals surface area contributed by atoms with Gasteiger partial charge in [0.25, 0.3) is 15.9 Å². The zero-order valence-corrected chi connectivity index (χ0v) is 15.7. The lowest BCUT2D eigenvalue weighted by atomic mass is 10.0. The van der Waals surface area contributed by atoms with Crippen molar-refractivity contribution in [1.29, 1.82) is 0 Å². The largest absolute Gasteiger partial charge is 0.296 e. The zero-order valence-electron chi connectivity index (χ0n) is 14.1. The van der Waals surface area contributed by atoms with Gasteiger partial charge in [-0.2, -0.15) is 4.31 Å². The van der Waals surface area contributed by atoms with Crippen LogP contribution in [0.25, 0.3) is 0 Å². The van der Waals surface area contributed by atoms with Gasteiger partial charge in [-0.05, 0) is 37.8 Å². The highest BCUT2D eigenvalue weighted by molar-refractivity contribution is 7.91. The maximum Gasteiger partial charge on any atom is 0.272 e. The van der Waals surface area contributed by atoms with Gasteiger partial charge in [-0.15, -0.1) is 10.2 Å². The number of carbonyl (C=O) groups excluding carboxylic acids is 1. The number of nitrogens with zero attached hydrogens (tertiary/aromatic N) is 3. The molecule has 1 aliphatic rings. The number of hydrogen-bond acceptors (Lipinski definition) is 6. The monoisotopic (exact) mass is 380 g/mol. The van der Waals surface area contributed by atoms with E-state index in [0.717, 1.165) is 29.7 Å². The number of carbonyl (C=O) groups is 1. The van der Waals surface area contributed by atoms with Crippen molar-refractivity contribution in [1.82, 2.24) is 14.5 Å². The molecule has 0 spiro atoms. The van der Waals surface area contributed by atoms with Crippen LogP contribution in [0, 0.1) is 12.8 Å². The molecule has 1 N–H and O–H groups in total. The summed E-state index contributed by atoms with van der Waals surface area (Å²) in [5.41, 5.74) is 1.53. The van der Waals surface area contributed by atoms with Gasteiger partial charge in [0.1, 0.15) is 0 Å². The Morgan fingerprint density at radius 1 is 1.28 bits per heavy atom. The summed E-state index contributed by atoms with van der Waals surface area (Å²) in [6.45, 7) is 4.96. The number of piperidine rings is 1. The van der Waals surface area contributed by atoms with E-state index in [0.29, 0.717) is 24.6 Å². The topological polar surface area (TPSA) is 92.3 Å². The first-order valence-corrected chi connectivity index (χ1v) is 10.3. The highest BCUT2D eigenvalue weighted by atomic mass is 32.2. The number of aromatic nitrogens is 2. The number of rotatable bonds is 4. The molecule has 1 atom stereocenters. The molecule has 0 saturated carbocycles. The van der Waals surface area contributed by atoms with Gasteiger partial charge in [0, 0.05) is 18.7 Å². The SMILES string of the molecule is Cc1ccc(C(=O)Nc2nnc(S(=O)(=O)N3CCC[C@H](C)C3)s2)cc1. The number of hydrogen-bond donors (Lipinski definition) is 1. The van der Waals surface area contributed by atoms with E-state index in [2.05, 4.69) is 15.5 Å². The van der Waals surface area contributed by atoms with E-state index < -0.39 is 10.0 Å². The van der Waals surface area contributed by atoms with Crippen molar-refractivity contribution in [3.8, 4) is 0 Å². The fraction of sp³-hybridized carbons (Fsp3) is 0.438. The minimum Gasteiger partial charge on any atom is -0.296 e. The van der Waals surface area contributed by atoms with E-state index in [-0.39, 0.29) is 15.4 Å². The van der Waals surface area contributed by atoms with Crippen molar-refractivity contribution in [3.05, 3.63) is 35.4 Å². The second-order valence-electron chi connectivity index (χ2n) is 6.30. The molecule has 2 heterocycles. The van der Waals surface area contributed by atoms with Crippen LogP contribution in [-0.2, 0) is 10.0 Å². The Hall–Kier alpha value is -1.84. The van der Waals surface area contributed by atoms with Crippen LogP contribution in [0.2, 0.25) is 0 Å². The van der Waals surface area contributed by atoms with Gasteiger partial charge in [-0.1, -0.05) is 36.0 Å². The summed E-state index contributed by atoms with van der Waals surface area (Å²) in [6.07, 6.45) is 1.87. The quantitative estimate of drug-likeness (QED) is 0.823. The molecule has 7 nitrogen and oxygen atoms in total.